The first kappa shape index (κ1) is 25.1. The van der Waals surface area contributed by atoms with Crippen LogP contribution in [-0.2, 0) is 16.6 Å². The third-order valence-electron chi connectivity index (χ3n) is 7.28. The predicted molar refractivity (Wildman–Crippen MR) is 153 cm³/mol. The van der Waals surface area contributed by atoms with Crippen molar-refractivity contribution in [1.29, 1.82) is 0 Å². The Kier molecular flexibility index (Phi) is 6.13. The van der Waals surface area contributed by atoms with E-state index in [-0.39, 0.29) is 23.5 Å². The fraction of sp³-hybridized carbons (Fsp3) is 0.156. The molecule has 0 spiro atoms. The molecule has 4 aromatic carbocycles. The van der Waals surface area contributed by atoms with Gasteiger partial charge in [0, 0.05) is 10.9 Å². The zero-order chi connectivity index (χ0) is 27.3. The van der Waals surface area contributed by atoms with Crippen LogP contribution in [0.2, 0.25) is 0 Å². The van der Waals surface area contributed by atoms with Gasteiger partial charge in [-0.1, -0.05) is 84.4 Å². The molecule has 0 fully saturated rings. The summed E-state index contributed by atoms with van der Waals surface area (Å²) in [4.78, 5) is 13.0. The Morgan fingerprint density at radius 2 is 1.41 bits per heavy atom. The van der Waals surface area contributed by atoms with E-state index < -0.39 is 22.0 Å². The maximum atomic E-state index is 13.2. The fourth-order valence-corrected chi connectivity index (χ4v) is 7.34. The Morgan fingerprint density at radius 1 is 0.795 bits per heavy atom. The van der Waals surface area contributed by atoms with Crippen LogP contribution in [0.25, 0.3) is 33.3 Å². The number of hydrogen-bond acceptors (Lipinski definition) is 4. The molecule has 0 bridgehead atoms. The van der Waals surface area contributed by atoms with Gasteiger partial charge in [-0.3, -0.25) is 4.79 Å². The maximum absolute atomic E-state index is 13.2. The summed E-state index contributed by atoms with van der Waals surface area (Å²) in [7, 11) is -4.02. The average molecular weight is 537 g/mol. The second-order valence-electron chi connectivity index (χ2n) is 10.0. The molecule has 1 atom stereocenters. The van der Waals surface area contributed by atoms with E-state index in [0.717, 1.165) is 48.7 Å². The lowest BCUT2D eigenvalue weighted by molar-refractivity contribution is 0.0773. The van der Waals surface area contributed by atoms with Gasteiger partial charge in [0.2, 0.25) is 0 Å². The van der Waals surface area contributed by atoms with E-state index in [9.17, 15) is 18.3 Å². The van der Waals surface area contributed by atoms with Gasteiger partial charge in [-0.15, -0.1) is 0 Å². The first-order valence-corrected chi connectivity index (χ1v) is 14.3. The number of carbonyl (C=O) groups excluding carboxylic acids is 1. The number of aromatic nitrogens is 1. The summed E-state index contributed by atoms with van der Waals surface area (Å²) < 4.78 is 29.2. The summed E-state index contributed by atoms with van der Waals surface area (Å²) in [5.74, 6) is -0.609. The lowest BCUT2D eigenvalue weighted by Gasteiger charge is -2.22. The Balaban J connectivity index is 1.50. The lowest BCUT2D eigenvalue weighted by atomic mass is 9.97. The maximum Gasteiger partial charge on any atom is 0.269 e. The van der Waals surface area contributed by atoms with Gasteiger partial charge in [0.05, 0.1) is 36.0 Å². The molecule has 0 saturated carbocycles. The fourth-order valence-electron chi connectivity index (χ4n) is 5.73. The van der Waals surface area contributed by atoms with Crippen molar-refractivity contribution in [2.45, 2.75) is 31.4 Å². The van der Waals surface area contributed by atoms with Gasteiger partial charge in [-0.25, -0.2) is 12.7 Å². The first-order valence-electron chi connectivity index (χ1n) is 12.9. The van der Waals surface area contributed by atoms with Gasteiger partial charge < -0.3 is 9.67 Å². The van der Waals surface area contributed by atoms with Crippen LogP contribution in [0.4, 0.5) is 0 Å². The number of rotatable bonds is 6. The van der Waals surface area contributed by atoms with Gasteiger partial charge in [0.15, 0.2) is 0 Å². The van der Waals surface area contributed by atoms with Gasteiger partial charge in [0.1, 0.15) is 4.90 Å². The number of aryl methyl sites for hydroxylation is 2. The Bertz CT molecular complexity index is 1830. The van der Waals surface area contributed by atoms with Gasteiger partial charge in [-0.05, 0) is 48.7 Å². The Morgan fingerprint density at radius 3 is 2.08 bits per heavy atom. The van der Waals surface area contributed by atoms with E-state index in [1.54, 1.807) is 12.1 Å². The molecule has 0 unspecified atom stereocenters. The minimum absolute atomic E-state index is 0.0173. The summed E-state index contributed by atoms with van der Waals surface area (Å²) in [5, 5.41) is 12.4. The number of aliphatic hydroxyl groups excluding tert-OH is 1. The standard InChI is InChI=1S/C32H28N2O4S/c1-21-17-22(2)30-27(18-21)29(23-11-5-3-6-12-23)31(24-13-7-4-8-14-24)33(30)19-25(35)20-34-32(36)26-15-9-10-16-28(26)39(34,37)38/h3-18,25,35H,19-20H2,1-2H3/t25-/m0/s1. The molecular weight excluding hydrogens is 508 g/mol. The van der Waals surface area contributed by atoms with E-state index in [0.29, 0.717) is 0 Å². The van der Waals surface area contributed by atoms with Crippen molar-refractivity contribution >= 4 is 26.8 Å². The molecule has 0 aliphatic carbocycles. The van der Waals surface area contributed by atoms with Crippen molar-refractivity contribution in [2.75, 3.05) is 6.54 Å². The molecular formula is C32H28N2O4S. The third kappa shape index (κ3) is 4.15. The molecule has 6 rings (SSSR count). The zero-order valence-electron chi connectivity index (χ0n) is 21.7. The minimum Gasteiger partial charge on any atom is -0.389 e. The van der Waals surface area contributed by atoms with Crippen molar-refractivity contribution in [3.05, 3.63) is 114 Å². The van der Waals surface area contributed by atoms with Gasteiger partial charge in [-0.2, -0.15) is 0 Å². The van der Waals surface area contributed by atoms with Crippen LogP contribution in [0.3, 0.4) is 0 Å². The Hall–Kier alpha value is -4.20. The number of nitrogens with zero attached hydrogens (tertiary/aromatic N) is 2. The molecule has 2 heterocycles. The Labute approximate surface area is 227 Å². The highest BCUT2D eigenvalue weighted by atomic mass is 32.2. The molecule has 0 saturated heterocycles. The average Bonchev–Trinajstić information content (AvgIpc) is 3.34. The third-order valence-corrected chi connectivity index (χ3v) is 9.09. The normalized spacial score (nSPS) is 15.1. The van der Waals surface area contributed by atoms with E-state index in [2.05, 4.69) is 35.8 Å². The van der Waals surface area contributed by atoms with E-state index in [1.807, 2.05) is 55.5 Å². The van der Waals surface area contributed by atoms with Crippen LogP contribution in [0.1, 0.15) is 21.5 Å². The molecule has 39 heavy (non-hydrogen) atoms. The lowest BCUT2D eigenvalue weighted by Crippen LogP contribution is -2.38. The van der Waals surface area contributed by atoms with Gasteiger partial charge in [0.25, 0.3) is 15.9 Å². The second-order valence-corrected chi connectivity index (χ2v) is 11.9. The molecule has 7 heteroatoms. The van der Waals surface area contributed by atoms with Crippen molar-refractivity contribution < 1.29 is 18.3 Å². The predicted octanol–water partition coefficient (Wildman–Crippen LogP) is 5.80. The number of benzene rings is 4. The monoisotopic (exact) mass is 536 g/mol. The number of fused-ring (bicyclic) bond motifs is 2. The summed E-state index contributed by atoms with van der Waals surface area (Å²) in [6.45, 7) is 3.88. The van der Waals surface area contributed by atoms with Crippen molar-refractivity contribution in [1.82, 2.24) is 8.87 Å². The highest BCUT2D eigenvalue weighted by Gasteiger charge is 2.41. The molecule has 6 nitrogen and oxygen atoms in total. The molecule has 0 radical (unpaired) electrons. The number of β-amino-alcohol motifs (C(OH)–C–C–N with tert-alkyl or cyclic N) is 1. The van der Waals surface area contributed by atoms with Crippen LogP contribution in [0.5, 0.6) is 0 Å². The zero-order valence-corrected chi connectivity index (χ0v) is 22.5. The van der Waals surface area contributed by atoms with E-state index >= 15 is 0 Å². The number of sulfonamides is 1. The summed E-state index contributed by atoms with van der Waals surface area (Å²) in [6, 6.07) is 30.6. The molecule has 1 amide bonds. The minimum atomic E-state index is -4.02. The van der Waals surface area contributed by atoms with Crippen molar-refractivity contribution in [3.8, 4) is 22.4 Å². The number of carbonyl (C=O) groups is 1. The van der Waals surface area contributed by atoms with E-state index in [1.165, 1.54) is 12.1 Å². The first-order chi connectivity index (χ1) is 18.8. The summed E-state index contributed by atoms with van der Waals surface area (Å²) in [5.41, 5.74) is 7.29. The van der Waals surface area contributed by atoms with Gasteiger partial charge >= 0.3 is 0 Å². The van der Waals surface area contributed by atoms with Crippen molar-refractivity contribution in [2.24, 2.45) is 0 Å². The topological polar surface area (TPSA) is 79.6 Å². The van der Waals surface area contributed by atoms with Crippen molar-refractivity contribution in [3.63, 3.8) is 0 Å². The molecule has 1 aliphatic rings. The van der Waals surface area contributed by atoms with E-state index in [4.69, 9.17) is 0 Å². The number of amides is 1. The van der Waals surface area contributed by atoms with Crippen LogP contribution in [0, 0.1) is 13.8 Å². The molecule has 1 aromatic heterocycles. The van der Waals surface area contributed by atoms with Crippen LogP contribution in [0.15, 0.2) is 102 Å². The molecule has 5 aromatic rings. The smallest absolute Gasteiger partial charge is 0.269 e. The highest BCUT2D eigenvalue weighted by Crippen LogP contribution is 2.42. The second kappa shape index (κ2) is 9.52. The van der Waals surface area contributed by atoms with Crippen LogP contribution in [-0.4, -0.2) is 41.0 Å². The summed E-state index contributed by atoms with van der Waals surface area (Å²) >= 11 is 0. The molecule has 1 N–H and O–H groups in total. The van der Waals surface area contributed by atoms with Crippen LogP contribution < -0.4 is 0 Å². The largest absolute Gasteiger partial charge is 0.389 e. The number of hydrogen-bond donors (Lipinski definition) is 1. The quantitative estimate of drug-likeness (QED) is 0.298. The SMILES string of the molecule is Cc1cc(C)c2c(c1)c(-c1ccccc1)c(-c1ccccc1)n2C[C@H](O)CN1C(=O)c2ccccc2S1(=O)=O. The number of aliphatic hydroxyl groups is 1. The molecule has 196 valence electrons. The summed E-state index contributed by atoms with van der Waals surface area (Å²) in [6.07, 6.45) is -1.14. The highest BCUT2D eigenvalue weighted by molar-refractivity contribution is 7.90. The molecule has 1 aliphatic heterocycles. The van der Waals surface area contributed by atoms with Crippen LogP contribution >= 0.6 is 0 Å².